The van der Waals surface area contributed by atoms with Crippen molar-refractivity contribution in [2.24, 2.45) is 5.92 Å². The van der Waals surface area contributed by atoms with E-state index in [2.05, 4.69) is 22.1 Å². The SMILES string of the molecule is CCN1CCC[C@H]1CN1C[C@H](C(=O)Nc2ccc(F)cn2)CC1=O. The van der Waals surface area contributed by atoms with E-state index in [0.717, 1.165) is 25.7 Å². The van der Waals surface area contributed by atoms with E-state index in [1.54, 1.807) is 4.90 Å². The van der Waals surface area contributed by atoms with E-state index >= 15 is 0 Å². The van der Waals surface area contributed by atoms with E-state index in [4.69, 9.17) is 0 Å². The van der Waals surface area contributed by atoms with Crippen molar-refractivity contribution in [3.63, 3.8) is 0 Å². The van der Waals surface area contributed by atoms with Crippen molar-refractivity contribution in [2.45, 2.75) is 32.2 Å². The van der Waals surface area contributed by atoms with Gasteiger partial charge in [0.2, 0.25) is 11.8 Å². The number of pyridine rings is 1. The second-order valence-corrected chi connectivity index (χ2v) is 6.48. The van der Waals surface area contributed by atoms with Crippen LogP contribution in [0, 0.1) is 11.7 Å². The number of aromatic nitrogens is 1. The third-order valence-electron chi connectivity index (χ3n) is 4.90. The standard InChI is InChI=1S/C17H23FN4O2/c1-2-21-7-3-4-14(21)11-22-10-12(8-16(22)23)17(24)20-15-6-5-13(18)9-19-15/h5-6,9,12,14H,2-4,7-8,10-11H2,1H3,(H,19,20,24)/t12-,14+/m1/s1. The summed E-state index contributed by atoms with van der Waals surface area (Å²) in [6, 6.07) is 3.06. The van der Waals surface area contributed by atoms with Crippen molar-refractivity contribution in [3.8, 4) is 0 Å². The number of likely N-dealkylation sites (tertiary alicyclic amines) is 2. The molecule has 1 aromatic heterocycles. The molecule has 0 unspecified atom stereocenters. The molecule has 24 heavy (non-hydrogen) atoms. The highest BCUT2D eigenvalue weighted by atomic mass is 19.1. The topological polar surface area (TPSA) is 65.5 Å². The highest BCUT2D eigenvalue weighted by Crippen LogP contribution is 2.24. The Morgan fingerprint density at radius 3 is 3.00 bits per heavy atom. The summed E-state index contributed by atoms with van der Waals surface area (Å²) >= 11 is 0. The van der Waals surface area contributed by atoms with E-state index in [-0.39, 0.29) is 24.2 Å². The average Bonchev–Trinajstić information content (AvgIpc) is 3.17. The zero-order valence-corrected chi connectivity index (χ0v) is 13.9. The second kappa shape index (κ2) is 7.25. The van der Waals surface area contributed by atoms with Gasteiger partial charge >= 0.3 is 0 Å². The Kier molecular flexibility index (Phi) is 5.08. The van der Waals surface area contributed by atoms with Crippen LogP contribution >= 0.6 is 0 Å². The molecule has 2 saturated heterocycles. The smallest absolute Gasteiger partial charge is 0.230 e. The van der Waals surface area contributed by atoms with Gasteiger partial charge in [-0.1, -0.05) is 6.92 Å². The van der Waals surface area contributed by atoms with Gasteiger partial charge in [0.15, 0.2) is 0 Å². The van der Waals surface area contributed by atoms with Crippen LogP contribution in [0.15, 0.2) is 18.3 Å². The Labute approximate surface area is 141 Å². The third kappa shape index (κ3) is 3.72. The number of rotatable bonds is 5. The van der Waals surface area contributed by atoms with Crippen LogP contribution in [0.1, 0.15) is 26.2 Å². The molecule has 1 aromatic rings. The predicted molar refractivity (Wildman–Crippen MR) is 87.8 cm³/mol. The molecule has 2 aliphatic rings. The molecule has 2 amide bonds. The summed E-state index contributed by atoms with van der Waals surface area (Å²) < 4.78 is 12.9. The highest BCUT2D eigenvalue weighted by molar-refractivity contribution is 5.96. The van der Waals surface area contributed by atoms with E-state index in [1.165, 1.54) is 18.6 Å². The van der Waals surface area contributed by atoms with Crippen molar-refractivity contribution in [3.05, 3.63) is 24.1 Å². The van der Waals surface area contributed by atoms with E-state index < -0.39 is 5.82 Å². The second-order valence-electron chi connectivity index (χ2n) is 6.48. The number of anilines is 1. The maximum atomic E-state index is 12.9. The van der Waals surface area contributed by atoms with E-state index in [1.807, 2.05) is 0 Å². The molecule has 2 aliphatic heterocycles. The average molecular weight is 334 g/mol. The number of nitrogens with one attached hydrogen (secondary N) is 1. The number of halogens is 1. The van der Waals surface area contributed by atoms with Crippen LogP contribution in [0.4, 0.5) is 10.2 Å². The lowest BCUT2D eigenvalue weighted by atomic mass is 10.1. The summed E-state index contributed by atoms with van der Waals surface area (Å²) in [5.74, 6) is -0.720. The molecule has 3 heterocycles. The van der Waals surface area contributed by atoms with Crippen LogP contribution in [0.2, 0.25) is 0 Å². The Bertz CT molecular complexity index is 607. The number of amides is 2. The van der Waals surface area contributed by atoms with Gasteiger partial charge in [-0.05, 0) is 38.1 Å². The fraction of sp³-hybridized carbons (Fsp3) is 0.588. The van der Waals surface area contributed by atoms with Gasteiger partial charge in [-0.25, -0.2) is 9.37 Å². The molecule has 6 nitrogen and oxygen atoms in total. The first-order valence-corrected chi connectivity index (χ1v) is 8.51. The predicted octanol–water partition coefficient (Wildman–Crippen LogP) is 1.49. The van der Waals surface area contributed by atoms with Gasteiger partial charge in [-0.3, -0.25) is 14.5 Å². The van der Waals surface area contributed by atoms with Crippen LogP contribution in [-0.2, 0) is 9.59 Å². The molecule has 0 aromatic carbocycles. The number of nitrogens with zero attached hydrogens (tertiary/aromatic N) is 3. The number of carbonyl (C=O) groups is 2. The van der Waals surface area contributed by atoms with Crippen molar-refractivity contribution in [2.75, 3.05) is 31.5 Å². The summed E-state index contributed by atoms with van der Waals surface area (Å²) in [6.45, 7) is 5.36. The van der Waals surface area contributed by atoms with Crippen molar-refractivity contribution >= 4 is 17.6 Å². The van der Waals surface area contributed by atoms with Gasteiger partial charge < -0.3 is 10.2 Å². The molecule has 1 N–H and O–H groups in total. The normalized spacial score (nSPS) is 24.6. The molecule has 0 radical (unpaired) electrons. The largest absolute Gasteiger partial charge is 0.340 e. The summed E-state index contributed by atoms with van der Waals surface area (Å²) in [5, 5.41) is 2.66. The first-order valence-electron chi connectivity index (χ1n) is 8.51. The maximum absolute atomic E-state index is 12.9. The highest BCUT2D eigenvalue weighted by Gasteiger charge is 2.36. The van der Waals surface area contributed by atoms with Crippen LogP contribution in [0.25, 0.3) is 0 Å². The Hall–Kier alpha value is -2.02. The lowest BCUT2D eigenvalue weighted by Gasteiger charge is -2.27. The van der Waals surface area contributed by atoms with Crippen molar-refractivity contribution in [1.82, 2.24) is 14.8 Å². The number of likely N-dealkylation sites (N-methyl/N-ethyl adjacent to an activating group) is 1. The third-order valence-corrected chi connectivity index (χ3v) is 4.90. The minimum atomic E-state index is -0.452. The van der Waals surface area contributed by atoms with Gasteiger partial charge in [0.1, 0.15) is 11.6 Å². The molecule has 2 atom stereocenters. The van der Waals surface area contributed by atoms with E-state index in [0.29, 0.717) is 24.9 Å². The molecular weight excluding hydrogens is 311 g/mol. The molecule has 0 spiro atoms. The first kappa shape index (κ1) is 16.8. The van der Waals surface area contributed by atoms with Crippen molar-refractivity contribution in [1.29, 1.82) is 0 Å². The number of carbonyl (C=O) groups excluding carboxylic acids is 2. The molecule has 0 bridgehead atoms. The molecule has 130 valence electrons. The molecule has 7 heteroatoms. The van der Waals surface area contributed by atoms with Gasteiger partial charge in [-0.2, -0.15) is 0 Å². The maximum Gasteiger partial charge on any atom is 0.230 e. The van der Waals surface area contributed by atoms with Gasteiger partial charge in [0.05, 0.1) is 12.1 Å². The Balaban J connectivity index is 1.55. The number of hydrogen-bond donors (Lipinski definition) is 1. The molecular formula is C17H23FN4O2. The van der Waals surface area contributed by atoms with Gasteiger partial charge in [0.25, 0.3) is 0 Å². The zero-order chi connectivity index (χ0) is 17.1. The van der Waals surface area contributed by atoms with Crippen LogP contribution in [-0.4, -0.2) is 58.8 Å². The van der Waals surface area contributed by atoms with E-state index in [9.17, 15) is 14.0 Å². The summed E-state index contributed by atoms with van der Waals surface area (Å²) in [7, 11) is 0. The molecule has 3 rings (SSSR count). The Morgan fingerprint density at radius 2 is 2.29 bits per heavy atom. The van der Waals surface area contributed by atoms with Gasteiger partial charge in [-0.15, -0.1) is 0 Å². The first-order chi connectivity index (χ1) is 11.6. The van der Waals surface area contributed by atoms with Crippen LogP contribution in [0.5, 0.6) is 0 Å². The quantitative estimate of drug-likeness (QED) is 0.886. The summed E-state index contributed by atoms with van der Waals surface area (Å²) in [5.41, 5.74) is 0. The van der Waals surface area contributed by atoms with Crippen LogP contribution in [0.3, 0.4) is 0 Å². The monoisotopic (exact) mass is 334 g/mol. The lowest BCUT2D eigenvalue weighted by Crippen LogP contribution is -2.41. The Morgan fingerprint density at radius 1 is 1.46 bits per heavy atom. The fourth-order valence-corrected chi connectivity index (χ4v) is 3.57. The fourth-order valence-electron chi connectivity index (χ4n) is 3.57. The summed E-state index contributed by atoms with van der Waals surface area (Å²) in [6.07, 6.45) is 3.56. The minimum Gasteiger partial charge on any atom is -0.340 e. The number of hydrogen-bond acceptors (Lipinski definition) is 4. The van der Waals surface area contributed by atoms with Crippen LogP contribution < -0.4 is 5.32 Å². The molecule has 0 saturated carbocycles. The zero-order valence-electron chi connectivity index (χ0n) is 13.9. The minimum absolute atomic E-state index is 0.0326. The van der Waals surface area contributed by atoms with Gasteiger partial charge in [0, 0.05) is 25.6 Å². The molecule has 0 aliphatic carbocycles. The lowest BCUT2D eigenvalue weighted by molar-refractivity contribution is -0.128. The van der Waals surface area contributed by atoms with Crippen molar-refractivity contribution < 1.29 is 14.0 Å². The molecule has 2 fully saturated rings. The summed E-state index contributed by atoms with van der Waals surface area (Å²) in [4.78, 5) is 32.6.